The molecular formula is C9H20N2O2. The molecule has 78 valence electrons. The van der Waals surface area contributed by atoms with E-state index < -0.39 is 0 Å². The largest absolute Gasteiger partial charge is 0.377 e. The molecule has 0 bridgehead atoms. The Bertz CT molecular complexity index is 149. The normalized spacial score (nSPS) is 13.2. The van der Waals surface area contributed by atoms with Crippen molar-refractivity contribution in [3.63, 3.8) is 0 Å². The van der Waals surface area contributed by atoms with Crippen LogP contribution in [0.3, 0.4) is 0 Å². The number of hydrogen-bond acceptors (Lipinski definition) is 3. The zero-order valence-electron chi connectivity index (χ0n) is 8.67. The Labute approximate surface area is 79.8 Å². The minimum absolute atomic E-state index is 0.130. The number of primary amides is 1. The van der Waals surface area contributed by atoms with E-state index in [1.807, 2.05) is 20.8 Å². The molecule has 0 saturated carbocycles. The Kier molecular flexibility index (Phi) is 6.54. The molecule has 0 radical (unpaired) electrons. The summed E-state index contributed by atoms with van der Waals surface area (Å²) in [6.45, 7) is 7.03. The van der Waals surface area contributed by atoms with E-state index in [4.69, 9.17) is 10.5 Å². The molecule has 13 heavy (non-hydrogen) atoms. The molecule has 0 aliphatic rings. The van der Waals surface area contributed by atoms with E-state index in [0.29, 0.717) is 6.61 Å². The van der Waals surface area contributed by atoms with Gasteiger partial charge in [0, 0.05) is 0 Å². The molecule has 0 aromatic rings. The quantitative estimate of drug-likeness (QED) is 0.602. The van der Waals surface area contributed by atoms with Crippen molar-refractivity contribution in [1.82, 2.24) is 5.32 Å². The summed E-state index contributed by atoms with van der Waals surface area (Å²) in [7, 11) is 0. The molecule has 1 unspecified atom stereocenters. The minimum Gasteiger partial charge on any atom is -0.377 e. The van der Waals surface area contributed by atoms with Gasteiger partial charge in [0.2, 0.25) is 5.91 Å². The van der Waals surface area contributed by atoms with Gasteiger partial charge in [0.25, 0.3) is 0 Å². The van der Waals surface area contributed by atoms with Gasteiger partial charge < -0.3 is 15.8 Å². The van der Waals surface area contributed by atoms with Crippen LogP contribution in [0.1, 0.15) is 27.2 Å². The fourth-order valence-corrected chi connectivity index (χ4v) is 0.849. The van der Waals surface area contributed by atoms with Gasteiger partial charge in [0.15, 0.2) is 0 Å². The van der Waals surface area contributed by atoms with Gasteiger partial charge in [0.05, 0.1) is 12.7 Å². The van der Waals surface area contributed by atoms with Gasteiger partial charge in [0.1, 0.15) is 6.04 Å². The number of nitrogens with one attached hydrogen (secondary N) is 1. The first kappa shape index (κ1) is 12.4. The molecule has 4 nitrogen and oxygen atoms in total. The van der Waals surface area contributed by atoms with Gasteiger partial charge in [-0.1, -0.05) is 6.92 Å². The molecule has 0 aliphatic heterocycles. The third-order valence-corrected chi connectivity index (χ3v) is 1.58. The van der Waals surface area contributed by atoms with E-state index in [1.54, 1.807) is 0 Å². The van der Waals surface area contributed by atoms with Crippen LogP contribution in [-0.2, 0) is 9.53 Å². The van der Waals surface area contributed by atoms with Crippen LogP contribution in [0.5, 0.6) is 0 Å². The molecule has 1 atom stereocenters. The second-order valence-corrected chi connectivity index (χ2v) is 3.29. The van der Waals surface area contributed by atoms with Crippen LogP contribution in [0.25, 0.3) is 0 Å². The number of hydrogen-bond donors (Lipinski definition) is 2. The molecule has 0 saturated heterocycles. The molecule has 3 N–H and O–H groups in total. The summed E-state index contributed by atoms with van der Waals surface area (Å²) in [5.74, 6) is -0.353. The predicted octanol–water partition coefficient (Wildman–Crippen LogP) is 0.265. The van der Waals surface area contributed by atoms with Crippen LogP contribution in [0.2, 0.25) is 0 Å². The summed E-state index contributed by atoms with van der Waals surface area (Å²) in [6.07, 6.45) is 1.11. The fraction of sp³-hybridized carbons (Fsp3) is 0.889. The molecule has 0 aromatic carbocycles. The fourth-order valence-electron chi connectivity index (χ4n) is 0.849. The lowest BCUT2D eigenvalue weighted by molar-refractivity contribution is -0.121. The highest BCUT2D eigenvalue weighted by molar-refractivity contribution is 5.79. The van der Waals surface area contributed by atoms with Gasteiger partial charge in [-0.05, 0) is 26.8 Å². The van der Waals surface area contributed by atoms with Crippen molar-refractivity contribution >= 4 is 5.91 Å². The van der Waals surface area contributed by atoms with E-state index in [0.717, 1.165) is 13.0 Å². The number of ether oxygens (including phenoxy) is 1. The Balaban J connectivity index is 3.74. The number of carbonyl (C=O) groups is 1. The first-order chi connectivity index (χ1) is 6.07. The Hall–Kier alpha value is -0.610. The lowest BCUT2D eigenvalue weighted by Crippen LogP contribution is -2.45. The van der Waals surface area contributed by atoms with Gasteiger partial charge in [-0.3, -0.25) is 4.79 Å². The van der Waals surface area contributed by atoms with Crippen molar-refractivity contribution in [2.45, 2.75) is 39.3 Å². The van der Waals surface area contributed by atoms with E-state index >= 15 is 0 Å². The number of carbonyl (C=O) groups excluding carboxylic acids is 1. The van der Waals surface area contributed by atoms with Crippen LogP contribution in [-0.4, -0.2) is 31.2 Å². The maximum Gasteiger partial charge on any atom is 0.236 e. The SMILES string of the molecule is CCCNC(COC(C)C)C(N)=O. The first-order valence-corrected chi connectivity index (χ1v) is 4.72. The number of amides is 1. The topological polar surface area (TPSA) is 64.3 Å². The maximum atomic E-state index is 10.9. The van der Waals surface area contributed by atoms with Crippen molar-refractivity contribution in [1.29, 1.82) is 0 Å². The summed E-state index contributed by atoms with van der Waals surface area (Å²) >= 11 is 0. The van der Waals surface area contributed by atoms with E-state index in [9.17, 15) is 4.79 Å². The molecule has 0 spiro atoms. The van der Waals surface area contributed by atoms with Crippen molar-refractivity contribution in [3.8, 4) is 0 Å². The number of nitrogens with two attached hydrogens (primary N) is 1. The summed E-state index contributed by atoms with van der Waals surface area (Å²) < 4.78 is 5.30. The summed E-state index contributed by atoms with van der Waals surface area (Å²) in [5, 5.41) is 3.02. The standard InChI is InChI=1S/C9H20N2O2/c1-4-5-11-8(9(10)12)6-13-7(2)3/h7-8,11H,4-6H2,1-3H3,(H2,10,12). The molecule has 0 aliphatic carbocycles. The molecule has 0 aromatic heterocycles. The van der Waals surface area contributed by atoms with E-state index in [1.165, 1.54) is 0 Å². The average Bonchev–Trinajstić information content (AvgIpc) is 2.03. The van der Waals surface area contributed by atoms with Crippen LogP contribution >= 0.6 is 0 Å². The minimum atomic E-state index is -0.359. The summed E-state index contributed by atoms with van der Waals surface area (Å²) in [6, 6.07) is -0.359. The lowest BCUT2D eigenvalue weighted by atomic mass is 10.3. The molecule has 1 amide bonds. The third-order valence-electron chi connectivity index (χ3n) is 1.58. The van der Waals surface area contributed by atoms with Gasteiger partial charge in [-0.15, -0.1) is 0 Å². The predicted molar refractivity (Wildman–Crippen MR) is 52.4 cm³/mol. The van der Waals surface area contributed by atoms with E-state index in [2.05, 4.69) is 5.32 Å². The van der Waals surface area contributed by atoms with Crippen LogP contribution in [0.4, 0.5) is 0 Å². The van der Waals surface area contributed by atoms with Gasteiger partial charge >= 0.3 is 0 Å². The van der Waals surface area contributed by atoms with Crippen LogP contribution in [0, 0.1) is 0 Å². The highest BCUT2D eigenvalue weighted by atomic mass is 16.5. The van der Waals surface area contributed by atoms with Crippen LogP contribution in [0.15, 0.2) is 0 Å². The van der Waals surface area contributed by atoms with Crippen molar-refractivity contribution in [2.24, 2.45) is 5.73 Å². The van der Waals surface area contributed by atoms with Crippen LogP contribution < -0.4 is 11.1 Å². The Morgan fingerprint density at radius 2 is 2.15 bits per heavy atom. The lowest BCUT2D eigenvalue weighted by Gasteiger charge is -2.16. The monoisotopic (exact) mass is 188 g/mol. The highest BCUT2D eigenvalue weighted by Crippen LogP contribution is 1.91. The zero-order valence-corrected chi connectivity index (χ0v) is 8.67. The van der Waals surface area contributed by atoms with E-state index in [-0.39, 0.29) is 18.1 Å². The maximum absolute atomic E-state index is 10.9. The zero-order chi connectivity index (χ0) is 10.3. The summed E-state index contributed by atoms with van der Waals surface area (Å²) in [4.78, 5) is 10.9. The Morgan fingerprint density at radius 1 is 1.54 bits per heavy atom. The van der Waals surface area contributed by atoms with Crippen molar-refractivity contribution < 1.29 is 9.53 Å². The Morgan fingerprint density at radius 3 is 2.54 bits per heavy atom. The molecule has 0 fully saturated rings. The second kappa shape index (κ2) is 6.86. The smallest absolute Gasteiger partial charge is 0.236 e. The molecule has 0 heterocycles. The van der Waals surface area contributed by atoms with Gasteiger partial charge in [-0.2, -0.15) is 0 Å². The molecule has 4 heteroatoms. The van der Waals surface area contributed by atoms with Gasteiger partial charge in [-0.25, -0.2) is 0 Å². The summed E-state index contributed by atoms with van der Waals surface area (Å²) in [5.41, 5.74) is 5.18. The van der Waals surface area contributed by atoms with Crippen molar-refractivity contribution in [3.05, 3.63) is 0 Å². The van der Waals surface area contributed by atoms with Crippen molar-refractivity contribution in [2.75, 3.05) is 13.2 Å². The second-order valence-electron chi connectivity index (χ2n) is 3.29. The molecule has 0 rings (SSSR count). The number of rotatable bonds is 7. The third kappa shape index (κ3) is 6.54. The average molecular weight is 188 g/mol. The molecular weight excluding hydrogens is 168 g/mol. The highest BCUT2D eigenvalue weighted by Gasteiger charge is 2.14. The first-order valence-electron chi connectivity index (χ1n) is 4.72.